The molecule has 2 aromatic heterocycles. The highest BCUT2D eigenvalue weighted by molar-refractivity contribution is 5.51. The molecule has 1 aromatic carbocycles. The van der Waals surface area contributed by atoms with Crippen LogP contribution in [0.15, 0.2) is 28.8 Å². The molecule has 0 N–H and O–H groups in total. The Kier molecular flexibility index (Phi) is 3.73. The van der Waals surface area contributed by atoms with Crippen LogP contribution in [0.25, 0.3) is 11.5 Å². The Labute approximate surface area is 138 Å². The second-order valence-electron chi connectivity index (χ2n) is 5.50. The maximum atomic E-state index is 5.99. The number of rotatable bonds is 4. The fraction of sp³-hybridized carbons (Fsp3) is 0.375. The zero-order chi connectivity index (χ0) is 16.5. The van der Waals surface area contributed by atoms with Crippen molar-refractivity contribution in [2.24, 2.45) is 0 Å². The number of hydrogen-bond donors (Lipinski definition) is 0. The molecular weight excluding hydrogens is 310 g/mol. The van der Waals surface area contributed by atoms with Crippen LogP contribution in [0.2, 0.25) is 0 Å². The Morgan fingerprint density at radius 3 is 2.83 bits per heavy atom. The molecule has 1 aliphatic rings. The van der Waals surface area contributed by atoms with E-state index in [1.165, 1.54) is 0 Å². The molecule has 0 amide bonds. The summed E-state index contributed by atoms with van der Waals surface area (Å²) >= 11 is 0. The predicted molar refractivity (Wildman–Crippen MR) is 83.2 cm³/mol. The van der Waals surface area contributed by atoms with E-state index in [9.17, 15) is 0 Å². The zero-order valence-corrected chi connectivity index (χ0v) is 13.5. The van der Waals surface area contributed by atoms with Gasteiger partial charge in [-0.15, -0.1) is 5.10 Å². The van der Waals surface area contributed by atoms with Gasteiger partial charge in [0, 0.05) is 6.42 Å². The van der Waals surface area contributed by atoms with Crippen molar-refractivity contribution in [1.82, 2.24) is 25.1 Å². The summed E-state index contributed by atoms with van der Waals surface area (Å²) in [5.41, 5.74) is 2.56. The maximum absolute atomic E-state index is 5.99. The SMILES string of the molecule is CCc1nc(-c2nnn3c2COC(c2ccc(OC)cc2)C3)no1. The van der Waals surface area contributed by atoms with Crippen LogP contribution in [-0.4, -0.2) is 32.2 Å². The molecule has 1 unspecified atom stereocenters. The van der Waals surface area contributed by atoms with Gasteiger partial charge in [0.2, 0.25) is 11.7 Å². The fourth-order valence-corrected chi connectivity index (χ4v) is 2.70. The number of ether oxygens (including phenoxy) is 2. The minimum atomic E-state index is -0.0746. The Morgan fingerprint density at radius 1 is 1.29 bits per heavy atom. The molecule has 4 rings (SSSR count). The lowest BCUT2D eigenvalue weighted by atomic mass is 10.1. The lowest BCUT2D eigenvalue weighted by Crippen LogP contribution is -2.22. The summed E-state index contributed by atoms with van der Waals surface area (Å²) in [6.07, 6.45) is 0.612. The molecule has 1 atom stereocenters. The molecule has 3 aromatic rings. The van der Waals surface area contributed by atoms with E-state index in [2.05, 4.69) is 20.5 Å². The van der Waals surface area contributed by atoms with Gasteiger partial charge in [-0.05, 0) is 17.7 Å². The zero-order valence-electron chi connectivity index (χ0n) is 13.5. The Bertz CT molecular complexity index is 840. The van der Waals surface area contributed by atoms with E-state index in [-0.39, 0.29) is 6.10 Å². The second kappa shape index (κ2) is 6.04. The lowest BCUT2D eigenvalue weighted by Gasteiger charge is -2.24. The average molecular weight is 327 g/mol. The average Bonchev–Trinajstić information content (AvgIpc) is 3.27. The first-order chi connectivity index (χ1) is 11.8. The smallest absolute Gasteiger partial charge is 0.226 e. The molecule has 0 spiro atoms. The van der Waals surface area contributed by atoms with Gasteiger partial charge in [0.25, 0.3) is 0 Å². The van der Waals surface area contributed by atoms with Crippen LogP contribution in [0.3, 0.4) is 0 Å². The minimum absolute atomic E-state index is 0.0746. The summed E-state index contributed by atoms with van der Waals surface area (Å²) in [6.45, 7) is 2.95. The monoisotopic (exact) mass is 327 g/mol. The van der Waals surface area contributed by atoms with Gasteiger partial charge < -0.3 is 14.0 Å². The van der Waals surface area contributed by atoms with Gasteiger partial charge in [-0.2, -0.15) is 4.98 Å². The normalized spacial score (nSPS) is 16.8. The summed E-state index contributed by atoms with van der Waals surface area (Å²) in [7, 11) is 1.65. The largest absolute Gasteiger partial charge is 0.497 e. The van der Waals surface area contributed by atoms with E-state index < -0.39 is 0 Å². The van der Waals surface area contributed by atoms with Crippen molar-refractivity contribution in [3.05, 3.63) is 41.4 Å². The van der Waals surface area contributed by atoms with E-state index in [0.29, 0.717) is 37.0 Å². The second-order valence-corrected chi connectivity index (χ2v) is 5.50. The van der Waals surface area contributed by atoms with Crippen molar-refractivity contribution in [3.63, 3.8) is 0 Å². The topological polar surface area (TPSA) is 88.1 Å². The van der Waals surface area contributed by atoms with E-state index in [4.69, 9.17) is 14.0 Å². The summed E-state index contributed by atoms with van der Waals surface area (Å²) in [4.78, 5) is 4.31. The van der Waals surface area contributed by atoms with Crippen LogP contribution in [-0.2, 0) is 24.3 Å². The van der Waals surface area contributed by atoms with Crippen molar-refractivity contribution >= 4 is 0 Å². The molecule has 8 heteroatoms. The van der Waals surface area contributed by atoms with Crippen LogP contribution in [0, 0.1) is 0 Å². The molecule has 24 heavy (non-hydrogen) atoms. The van der Waals surface area contributed by atoms with Gasteiger partial charge in [-0.25, -0.2) is 4.68 Å². The highest BCUT2D eigenvalue weighted by atomic mass is 16.5. The first kappa shape index (κ1) is 14.8. The van der Waals surface area contributed by atoms with E-state index >= 15 is 0 Å². The first-order valence-electron chi connectivity index (χ1n) is 7.79. The fourth-order valence-electron chi connectivity index (χ4n) is 2.70. The van der Waals surface area contributed by atoms with Crippen LogP contribution >= 0.6 is 0 Å². The number of nitrogens with zero attached hydrogens (tertiary/aromatic N) is 5. The third-order valence-electron chi connectivity index (χ3n) is 4.07. The van der Waals surface area contributed by atoms with Crippen molar-refractivity contribution in [2.45, 2.75) is 32.6 Å². The third-order valence-corrected chi connectivity index (χ3v) is 4.07. The molecule has 8 nitrogen and oxygen atoms in total. The van der Waals surface area contributed by atoms with Gasteiger partial charge >= 0.3 is 0 Å². The number of methoxy groups -OCH3 is 1. The molecule has 0 fully saturated rings. The van der Waals surface area contributed by atoms with Crippen LogP contribution in [0.4, 0.5) is 0 Å². The molecule has 0 aliphatic carbocycles. The van der Waals surface area contributed by atoms with Crippen LogP contribution in [0.5, 0.6) is 5.75 Å². The maximum Gasteiger partial charge on any atom is 0.226 e. The van der Waals surface area contributed by atoms with Crippen molar-refractivity contribution < 1.29 is 14.0 Å². The van der Waals surface area contributed by atoms with E-state index in [1.807, 2.05) is 35.9 Å². The Balaban J connectivity index is 1.57. The molecule has 0 saturated carbocycles. The third kappa shape index (κ3) is 2.54. The van der Waals surface area contributed by atoms with Crippen molar-refractivity contribution in [3.8, 4) is 17.3 Å². The predicted octanol–water partition coefficient (Wildman–Crippen LogP) is 2.17. The highest BCUT2D eigenvalue weighted by Gasteiger charge is 2.27. The van der Waals surface area contributed by atoms with Crippen LogP contribution in [0.1, 0.15) is 30.2 Å². The first-order valence-corrected chi connectivity index (χ1v) is 7.79. The summed E-state index contributed by atoms with van der Waals surface area (Å²) in [6, 6.07) is 7.84. The van der Waals surface area contributed by atoms with E-state index in [0.717, 1.165) is 17.0 Å². The van der Waals surface area contributed by atoms with Crippen molar-refractivity contribution in [1.29, 1.82) is 0 Å². The molecule has 1 aliphatic heterocycles. The number of aromatic nitrogens is 5. The quantitative estimate of drug-likeness (QED) is 0.725. The standard InChI is InChI=1S/C16H17N5O3/c1-3-14-17-16(19-24-14)15-12-9-23-13(8-21(12)20-18-15)10-4-6-11(22-2)7-5-10/h4-7,13H,3,8-9H2,1-2H3. The van der Waals surface area contributed by atoms with Gasteiger partial charge in [0.15, 0.2) is 5.69 Å². The number of benzene rings is 1. The van der Waals surface area contributed by atoms with Gasteiger partial charge in [0.1, 0.15) is 11.9 Å². The number of aryl methyl sites for hydroxylation is 1. The molecule has 3 heterocycles. The van der Waals surface area contributed by atoms with E-state index in [1.54, 1.807) is 7.11 Å². The minimum Gasteiger partial charge on any atom is -0.497 e. The number of fused-ring (bicyclic) bond motifs is 1. The van der Waals surface area contributed by atoms with Gasteiger partial charge in [-0.3, -0.25) is 0 Å². The molecule has 0 bridgehead atoms. The molecule has 0 radical (unpaired) electrons. The van der Waals surface area contributed by atoms with Crippen LogP contribution < -0.4 is 4.74 Å². The highest BCUT2D eigenvalue weighted by Crippen LogP contribution is 2.30. The lowest BCUT2D eigenvalue weighted by molar-refractivity contribution is -0.00114. The number of hydrogen-bond acceptors (Lipinski definition) is 7. The summed E-state index contributed by atoms with van der Waals surface area (Å²) < 4.78 is 18.2. The molecule has 0 saturated heterocycles. The Morgan fingerprint density at radius 2 is 2.12 bits per heavy atom. The molecule has 124 valence electrons. The van der Waals surface area contributed by atoms with Gasteiger partial charge in [0.05, 0.1) is 26.0 Å². The van der Waals surface area contributed by atoms with Gasteiger partial charge in [-0.1, -0.05) is 29.4 Å². The Hall–Kier alpha value is -2.74. The van der Waals surface area contributed by atoms with Crippen molar-refractivity contribution in [2.75, 3.05) is 7.11 Å². The summed E-state index contributed by atoms with van der Waals surface area (Å²) in [5, 5.41) is 12.4. The summed E-state index contributed by atoms with van der Waals surface area (Å²) in [5.74, 6) is 1.86. The molecular formula is C16H17N5O3.